The van der Waals surface area contributed by atoms with E-state index in [-0.39, 0.29) is 0 Å². The van der Waals surface area contributed by atoms with Crippen molar-refractivity contribution in [2.45, 2.75) is 32.9 Å². The molecule has 0 aliphatic rings. The van der Waals surface area contributed by atoms with Gasteiger partial charge in [0.25, 0.3) is 0 Å². The minimum absolute atomic E-state index is 0.527. The van der Waals surface area contributed by atoms with Gasteiger partial charge in [-0.2, -0.15) is 0 Å². The van der Waals surface area contributed by atoms with Crippen molar-refractivity contribution in [2.75, 3.05) is 0 Å². The van der Waals surface area contributed by atoms with Gasteiger partial charge in [0.15, 0.2) is 0 Å². The lowest BCUT2D eigenvalue weighted by molar-refractivity contribution is 0.309. The average Bonchev–Trinajstić information content (AvgIpc) is 2.84. The topological polar surface area (TPSA) is 35.2 Å². The molecule has 0 bridgehead atoms. The van der Waals surface area contributed by atoms with Gasteiger partial charge in [0.2, 0.25) is 0 Å². The summed E-state index contributed by atoms with van der Waals surface area (Å²) in [6.45, 7) is 5.59. The van der Waals surface area contributed by atoms with Crippen LogP contribution in [0.2, 0.25) is 0 Å². The molecule has 2 rings (SSSR count). The van der Waals surface area contributed by atoms with Crippen molar-refractivity contribution in [3.63, 3.8) is 0 Å². The Balaban J connectivity index is 1.99. The number of benzene rings is 1. The summed E-state index contributed by atoms with van der Waals surface area (Å²) >= 11 is 1.71. The lowest BCUT2D eigenvalue weighted by Crippen LogP contribution is -1.95. The zero-order chi connectivity index (χ0) is 13.0. The molecule has 0 radical (unpaired) electrons. The molecular weight excluding hydrogens is 242 g/mol. The molecule has 2 nitrogen and oxygen atoms in total. The van der Waals surface area contributed by atoms with Gasteiger partial charge < -0.3 is 10.5 Å². The molecule has 2 N–H and O–H groups in total. The Kier molecular flexibility index (Phi) is 4.39. The van der Waals surface area contributed by atoms with E-state index in [2.05, 4.69) is 38.1 Å². The van der Waals surface area contributed by atoms with E-state index in [0.717, 1.165) is 5.75 Å². The first-order valence-electron chi connectivity index (χ1n) is 6.19. The third-order valence-electron chi connectivity index (χ3n) is 2.82. The van der Waals surface area contributed by atoms with Crippen LogP contribution in [-0.4, -0.2) is 0 Å². The van der Waals surface area contributed by atoms with Crippen LogP contribution in [0, 0.1) is 0 Å². The molecule has 0 atom stereocenters. The Labute approximate surface area is 112 Å². The third kappa shape index (κ3) is 3.34. The lowest BCUT2D eigenvalue weighted by atomic mass is 10.0. The molecule has 0 unspecified atom stereocenters. The fraction of sp³-hybridized carbons (Fsp3) is 0.333. The van der Waals surface area contributed by atoms with Crippen LogP contribution in [0.3, 0.4) is 0 Å². The van der Waals surface area contributed by atoms with Gasteiger partial charge in [-0.25, -0.2) is 0 Å². The van der Waals surface area contributed by atoms with Crippen molar-refractivity contribution in [2.24, 2.45) is 5.73 Å². The zero-order valence-electron chi connectivity index (χ0n) is 10.8. The van der Waals surface area contributed by atoms with Gasteiger partial charge in [-0.15, -0.1) is 11.3 Å². The second-order valence-electron chi connectivity index (χ2n) is 4.59. The highest BCUT2D eigenvalue weighted by Gasteiger charge is 2.03. The van der Waals surface area contributed by atoms with E-state index in [1.54, 1.807) is 11.3 Å². The summed E-state index contributed by atoms with van der Waals surface area (Å²) in [6, 6.07) is 12.4. The van der Waals surface area contributed by atoms with Gasteiger partial charge >= 0.3 is 0 Å². The van der Waals surface area contributed by atoms with Crippen molar-refractivity contribution in [1.82, 2.24) is 0 Å². The van der Waals surface area contributed by atoms with E-state index in [1.807, 2.05) is 12.1 Å². The summed E-state index contributed by atoms with van der Waals surface area (Å²) in [6.07, 6.45) is 0. The summed E-state index contributed by atoms with van der Waals surface area (Å²) in [5.41, 5.74) is 6.90. The largest absolute Gasteiger partial charge is 0.488 e. The van der Waals surface area contributed by atoms with E-state index < -0.39 is 0 Å². The standard InChI is InChI=1S/C15H19NOS/c1-11(2)12-4-3-5-13(8-12)17-10-15-7-6-14(9-16)18-15/h3-8,11H,9-10,16H2,1-2H3. The molecule has 18 heavy (non-hydrogen) atoms. The van der Waals surface area contributed by atoms with E-state index in [9.17, 15) is 0 Å². The van der Waals surface area contributed by atoms with Crippen molar-refractivity contribution in [1.29, 1.82) is 0 Å². The molecule has 0 aliphatic carbocycles. The Morgan fingerprint density at radius 3 is 2.61 bits per heavy atom. The molecule has 0 aliphatic heterocycles. The molecule has 0 fully saturated rings. The third-order valence-corrected chi connectivity index (χ3v) is 3.91. The predicted octanol–water partition coefficient (Wildman–Crippen LogP) is 3.91. The highest BCUT2D eigenvalue weighted by Crippen LogP contribution is 2.22. The Morgan fingerprint density at radius 1 is 1.17 bits per heavy atom. The van der Waals surface area contributed by atoms with Crippen LogP contribution in [-0.2, 0) is 13.2 Å². The fourth-order valence-corrected chi connectivity index (χ4v) is 2.54. The van der Waals surface area contributed by atoms with Gasteiger partial charge in [-0.05, 0) is 35.7 Å². The summed E-state index contributed by atoms with van der Waals surface area (Å²) in [7, 11) is 0. The van der Waals surface area contributed by atoms with Crippen molar-refractivity contribution >= 4 is 11.3 Å². The predicted molar refractivity (Wildman–Crippen MR) is 77.1 cm³/mol. The number of rotatable bonds is 5. The van der Waals surface area contributed by atoms with Gasteiger partial charge in [0.05, 0.1) is 0 Å². The number of ether oxygens (including phenoxy) is 1. The number of hydrogen-bond donors (Lipinski definition) is 1. The van der Waals surface area contributed by atoms with Gasteiger partial charge in [-0.3, -0.25) is 0 Å². The maximum Gasteiger partial charge on any atom is 0.122 e. The minimum Gasteiger partial charge on any atom is -0.488 e. The fourth-order valence-electron chi connectivity index (χ4n) is 1.73. The highest BCUT2D eigenvalue weighted by molar-refractivity contribution is 7.11. The van der Waals surface area contributed by atoms with E-state index in [0.29, 0.717) is 19.1 Å². The smallest absolute Gasteiger partial charge is 0.122 e. The highest BCUT2D eigenvalue weighted by atomic mass is 32.1. The number of nitrogens with two attached hydrogens (primary N) is 1. The van der Waals surface area contributed by atoms with Crippen LogP contribution in [0.5, 0.6) is 5.75 Å². The van der Waals surface area contributed by atoms with Gasteiger partial charge in [-0.1, -0.05) is 26.0 Å². The molecular formula is C15H19NOS. The van der Waals surface area contributed by atoms with Crippen LogP contribution in [0.25, 0.3) is 0 Å². The summed E-state index contributed by atoms with van der Waals surface area (Å²) in [5, 5.41) is 0. The summed E-state index contributed by atoms with van der Waals surface area (Å²) in [4.78, 5) is 2.41. The van der Waals surface area contributed by atoms with Crippen molar-refractivity contribution in [3.8, 4) is 5.75 Å². The van der Waals surface area contributed by atoms with Crippen molar-refractivity contribution in [3.05, 3.63) is 51.7 Å². The normalized spacial score (nSPS) is 10.9. The van der Waals surface area contributed by atoms with Gasteiger partial charge in [0, 0.05) is 16.3 Å². The second-order valence-corrected chi connectivity index (χ2v) is 5.84. The molecule has 1 aromatic heterocycles. The maximum absolute atomic E-state index is 5.81. The van der Waals surface area contributed by atoms with Crippen LogP contribution in [0.4, 0.5) is 0 Å². The first kappa shape index (κ1) is 13.1. The molecule has 96 valence electrons. The Morgan fingerprint density at radius 2 is 1.94 bits per heavy atom. The SMILES string of the molecule is CC(C)c1cccc(OCc2ccc(CN)s2)c1. The van der Waals surface area contributed by atoms with Crippen molar-refractivity contribution < 1.29 is 4.74 Å². The van der Waals surface area contributed by atoms with E-state index in [4.69, 9.17) is 10.5 Å². The number of thiophene rings is 1. The number of hydrogen-bond acceptors (Lipinski definition) is 3. The molecule has 0 amide bonds. The molecule has 1 aromatic carbocycles. The van der Waals surface area contributed by atoms with E-state index in [1.165, 1.54) is 15.3 Å². The Bertz CT molecular complexity index is 505. The molecule has 2 aromatic rings. The molecule has 0 saturated carbocycles. The molecule has 3 heteroatoms. The summed E-state index contributed by atoms with van der Waals surface area (Å²) in [5.74, 6) is 1.46. The zero-order valence-corrected chi connectivity index (χ0v) is 11.7. The second kappa shape index (κ2) is 6.03. The van der Waals surface area contributed by atoms with Gasteiger partial charge in [0.1, 0.15) is 12.4 Å². The first-order valence-corrected chi connectivity index (χ1v) is 7.01. The molecule has 1 heterocycles. The van der Waals surface area contributed by atoms with E-state index >= 15 is 0 Å². The first-order chi connectivity index (χ1) is 8.69. The van der Waals surface area contributed by atoms with Crippen LogP contribution in [0.15, 0.2) is 36.4 Å². The van der Waals surface area contributed by atoms with Crippen LogP contribution < -0.4 is 10.5 Å². The lowest BCUT2D eigenvalue weighted by Gasteiger charge is -2.09. The minimum atomic E-state index is 0.527. The maximum atomic E-state index is 5.81. The Hall–Kier alpha value is -1.32. The molecule has 0 saturated heterocycles. The monoisotopic (exact) mass is 261 g/mol. The summed E-state index contributed by atoms with van der Waals surface area (Å²) < 4.78 is 5.81. The molecule has 0 spiro atoms. The van der Waals surface area contributed by atoms with Crippen LogP contribution in [0.1, 0.15) is 35.1 Å². The average molecular weight is 261 g/mol. The quantitative estimate of drug-likeness (QED) is 0.885. The van der Waals surface area contributed by atoms with Crippen LogP contribution >= 0.6 is 11.3 Å².